The third-order valence-corrected chi connectivity index (χ3v) is 6.54. The van der Waals surface area contributed by atoms with E-state index >= 15 is 0 Å². The lowest BCUT2D eigenvalue weighted by Crippen LogP contribution is -2.63. The Labute approximate surface area is 193 Å². The van der Waals surface area contributed by atoms with Crippen LogP contribution in [0.15, 0.2) is 47.9 Å². The van der Waals surface area contributed by atoms with Gasteiger partial charge in [-0.15, -0.1) is 0 Å². The number of alkyl halides is 3. The second-order valence-corrected chi connectivity index (χ2v) is 8.61. The molecule has 1 aliphatic rings. The summed E-state index contributed by atoms with van der Waals surface area (Å²) in [5.74, 6) is -3.19. The zero-order valence-electron chi connectivity index (χ0n) is 17.1. The summed E-state index contributed by atoms with van der Waals surface area (Å²) in [6, 6.07) is 8.16. The molecule has 0 saturated carbocycles. The first kappa shape index (κ1) is 23.1. The zero-order valence-corrected chi connectivity index (χ0v) is 18.7. The molecule has 4 rings (SSSR count). The van der Waals surface area contributed by atoms with Crippen LogP contribution >= 0.6 is 23.1 Å². The van der Waals surface area contributed by atoms with E-state index in [0.717, 1.165) is 24.1 Å². The van der Waals surface area contributed by atoms with Gasteiger partial charge < -0.3 is 4.74 Å². The Balaban J connectivity index is 1.97. The van der Waals surface area contributed by atoms with Crippen LogP contribution in [0, 0.1) is 0 Å². The molecule has 33 heavy (non-hydrogen) atoms. The highest BCUT2D eigenvalue weighted by atomic mass is 35.5. The number of quaternary nitrogens is 1. The number of fused-ring (bicyclic) bond motifs is 1. The number of halogens is 5. The Bertz CT molecular complexity index is 1320. The number of methoxy groups -OCH3 is 1. The van der Waals surface area contributed by atoms with Crippen molar-refractivity contribution in [3.63, 3.8) is 0 Å². The molecule has 2 aromatic carbocycles. The lowest BCUT2D eigenvalue weighted by molar-refractivity contribution is -0.125. The van der Waals surface area contributed by atoms with E-state index in [0.29, 0.717) is 10.6 Å². The van der Waals surface area contributed by atoms with Gasteiger partial charge in [-0.2, -0.15) is 26.4 Å². The minimum absolute atomic E-state index is 0.157. The lowest BCUT2D eigenvalue weighted by Gasteiger charge is -2.35. The summed E-state index contributed by atoms with van der Waals surface area (Å²) < 4.78 is 64.1. The second kappa shape index (κ2) is 8.08. The van der Waals surface area contributed by atoms with Crippen LogP contribution in [-0.4, -0.2) is 36.6 Å². The van der Waals surface area contributed by atoms with Gasteiger partial charge in [-0.05, 0) is 35.3 Å². The fourth-order valence-electron chi connectivity index (χ4n) is 3.76. The van der Waals surface area contributed by atoms with E-state index < -0.39 is 34.1 Å². The molecule has 12 heteroatoms. The Morgan fingerprint density at radius 2 is 1.82 bits per heavy atom. The molecule has 6 nitrogen and oxygen atoms in total. The molecular formula is C21H15ClF4N3O3S+. The van der Waals surface area contributed by atoms with Crippen LogP contribution in [0.4, 0.5) is 28.0 Å². The number of nitrogens with zero attached hydrogens (tertiary/aromatic N) is 2. The van der Waals surface area contributed by atoms with Crippen molar-refractivity contribution in [2.45, 2.75) is 12.6 Å². The molecule has 0 radical (unpaired) electrons. The van der Waals surface area contributed by atoms with Crippen LogP contribution in [0.1, 0.15) is 10.4 Å². The maximum Gasteiger partial charge on any atom is 0.471 e. The molecule has 0 fully saturated rings. The van der Waals surface area contributed by atoms with Crippen molar-refractivity contribution in [3.05, 3.63) is 63.4 Å². The van der Waals surface area contributed by atoms with Gasteiger partial charge in [0.15, 0.2) is 5.69 Å². The van der Waals surface area contributed by atoms with Crippen LogP contribution in [0.25, 0.3) is 10.9 Å². The molecule has 172 valence electrons. The first-order chi connectivity index (χ1) is 15.5. The van der Waals surface area contributed by atoms with E-state index in [1.165, 1.54) is 19.2 Å². The van der Waals surface area contributed by atoms with Crippen molar-refractivity contribution >= 4 is 51.7 Å². The lowest BCUT2D eigenvalue weighted by atomic mass is 10.0. The van der Waals surface area contributed by atoms with Gasteiger partial charge in [0.25, 0.3) is 17.4 Å². The summed E-state index contributed by atoms with van der Waals surface area (Å²) in [5.41, 5.74) is -1.15. The van der Waals surface area contributed by atoms with Crippen LogP contribution in [-0.2, 0) is 11.2 Å². The molecule has 1 atom stereocenters. The maximum absolute atomic E-state index is 14.5. The van der Waals surface area contributed by atoms with Gasteiger partial charge in [0, 0.05) is 17.4 Å². The average molecular weight is 501 g/mol. The average Bonchev–Trinajstić information content (AvgIpc) is 3.17. The van der Waals surface area contributed by atoms with Crippen molar-refractivity contribution in [2.75, 3.05) is 14.2 Å². The number of hydrogen-bond donors (Lipinski definition) is 1. The Morgan fingerprint density at radius 3 is 2.42 bits per heavy atom. The SMILES string of the molecule is COc1ccc(Cc2snc3c(Cl)ccc([N+]4(C)C(=O)NC(=O)C(F)=C4C(F)(F)F)c23)cc1. The number of aromatic nitrogens is 1. The van der Waals surface area contributed by atoms with Crippen LogP contribution < -0.4 is 14.5 Å². The van der Waals surface area contributed by atoms with E-state index in [1.807, 2.05) is 0 Å². The predicted molar refractivity (Wildman–Crippen MR) is 116 cm³/mol. The van der Waals surface area contributed by atoms with Gasteiger partial charge in [-0.25, -0.2) is 10.1 Å². The van der Waals surface area contributed by atoms with Crippen molar-refractivity contribution in [1.29, 1.82) is 0 Å². The Kier molecular flexibility index (Phi) is 5.67. The largest absolute Gasteiger partial charge is 0.497 e. The van der Waals surface area contributed by atoms with E-state index in [1.54, 1.807) is 29.6 Å². The van der Waals surface area contributed by atoms with Gasteiger partial charge in [0.05, 0.1) is 24.6 Å². The maximum atomic E-state index is 14.5. The normalized spacial score (nSPS) is 19.2. The summed E-state index contributed by atoms with van der Waals surface area (Å²) in [6.45, 7) is 0. The number of imide groups is 1. The van der Waals surface area contributed by atoms with Crippen molar-refractivity contribution in [2.24, 2.45) is 0 Å². The van der Waals surface area contributed by atoms with Crippen LogP contribution in [0.5, 0.6) is 5.75 Å². The number of nitrogens with one attached hydrogen (secondary N) is 1. The van der Waals surface area contributed by atoms with Gasteiger partial charge in [-0.1, -0.05) is 23.7 Å². The quantitative estimate of drug-likeness (QED) is 0.380. The van der Waals surface area contributed by atoms with Gasteiger partial charge in [-0.3, -0.25) is 4.79 Å². The zero-order chi connectivity index (χ0) is 24.1. The number of benzene rings is 2. The molecule has 2 heterocycles. The number of carbonyl (C=O) groups excluding carboxylic acids is 2. The van der Waals surface area contributed by atoms with Gasteiger partial charge in [0.2, 0.25) is 0 Å². The van der Waals surface area contributed by atoms with Crippen molar-refractivity contribution in [1.82, 2.24) is 14.2 Å². The number of rotatable bonds is 4. The van der Waals surface area contributed by atoms with Crippen LogP contribution in [0.3, 0.4) is 0 Å². The predicted octanol–water partition coefficient (Wildman–Crippen LogP) is 5.48. The monoisotopic (exact) mass is 500 g/mol. The highest BCUT2D eigenvalue weighted by molar-refractivity contribution is 7.07. The second-order valence-electron chi connectivity index (χ2n) is 7.35. The molecule has 0 spiro atoms. The minimum Gasteiger partial charge on any atom is -0.497 e. The molecule has 1 N–H and O–H groups in total. The number of urea groups is 1. The minimum atomic E-state index is -5.31. The van der Waals surface area contributed by atoms with Crippen molar-refractivity contribution in [3.8, 4) is 5.75 Å². The number of hydrogen-bond acceptors (Lipinski definition) is 5. The van der Waals surface area contributed by atoms with Gasteiger partial charge in [0.1, 0.15) is 11.3 Å². The summed E-state index contributed by atoms with van der Waals surface area (Å²) in [5, 5.41) is 2.01. The Morgan fingerprint density at radius 1 is 1.15 bits per heavy atom. The highest BCUT2D eigenvalue weighted by Crippen LogP contribution is 2.47. The summed E-state index contributed by atoms with van der Waals surface area (Å²) in [4.78, 5) is 25.0. The summed E-state index contributed by atoms with van der Waals surface area (Å²) in [6.07, 6.45) is -5.05. The Hall–Kier alpha value is -3.02. The third kappa shape index (κ3) is 3.75. The highest BCUT2D eigenvalue weighted by Gasteiger charge is 2.61. The van der Waals surface area contributed by atoms with Gasteiger partial charge >= 0.3 is 12.2 Å². The number of allylic oxidation sites excluding steroid dienone is 1. The summed E-state index contributed by atoms with van der Waals surface area (Å²) in [7, 11) is 2.39. The summed E-state index contributed by atoms with van der Waals surface area (Å²) >= 11 is 7.25. The fourth-order valence-corrected chi connectivity index (χ4v) is 4.93. The molecule has 1 aromatic heterocycles. The van der Waals surface area contributed by atoms with E-state index in [4.69, 9.17) is 16.3 Å². The van der Waals surface area contributed by atoms with E-state index in [9.17, 15) is 27.2 Å². The molecule has 1 unspecified atom stereocenters. The fraction of sp³-hybridized carbons (Fsp3) is 0.190. The standard InChI is InChI=1S/C21H14ClF4N3O3S/c1-29(18(21(24,25)26)16(23)19(30)27-20(29)31)13-8-7-12(22)17-15(13)14(33-28-17)9-10-3-5-11(32-2)6-4-10/h3-8H,9H2,1-2H3/p+1. The number of carbonyl (C=O) groups is 2. The van der Waals surface area contributed by atoms with Crippen molar-refractivity contribution < 1.29 is 31.9 Å². The smallest absolute Gasteiger partial charge is 0.471 e. The molecule has 1 aliphatic heterocycles. The molecule has 0 saturated heterocycles. The molecule has 3 aromatic rings. The first-order valence-electron chi connectivity index (χ1n) is 9.38. The molecule has 0 aliphatic carbocycles. The van der Waals surface area contributed by atoms with E-state index in [2.05, 4.69) is 4.37 Å². The van der Waals surface area contributed by atoms with Crippen LogP contribution in [0.2, 0.25) is 5.02 Å². The van der Waals surface area contributed by atoms with E-state index in [-0.39, 0.29) is 28.0 Å². The molecule has 0 bridgehead atoms. The third-order valence-electron chi connectivity index (χ3n) is 5.39. The molecular weight excluding hydrogens is 486 g/mol. The topological polar surface area (TPSA) is 68.3 Å². The first-order valence-corrected chi connectivity index (χ1v) is 10.5. The number of amides is 3. The number of ether oxygens (including phenoxy) is 1. The molecule has 3 amide bonds.